The summed E-state index contributed by atoms with van der Waals surface area (Å²) in [5.41, 5.74) is 6.66. The van der Waals surface area contributed by atoms with Gasteiger partial charge in [0.05, 0.1) is 11.1 Å². The predicted octanol–water partition coefficient (Wildman–Crippen LogP) is 2.33. The van der Waals surface area contributed by atoms with Crippen molar-refractivity contribution >= 4 is 15.9 Å². The quantitative estimate of drug-likeness (QED) is 0.786. The molecule has 0 saturated carbocycles. The first kappa shape index (κ1) is 14.3. The fourth-order valence-corrected chi connectivity index (χ4v) is 2.06. The molecule has 0 aliphatic rings. The molecule has 0 amide bonds. The second-order valence-corrected chi connectivity index (χ2v) is 4.28. The molecule has 1 aromatic rings. The van der Waals surface area contributed by atoms with E-state index in [0.717, 1.165) is 16.5 Å². The first-order valence-electron chi connectivity index (χ1n) is 5.50. The Balaban J connectivity index is 2.99. The Labute approximate surface area is 110 Å². The van der Waals surface area contributed by atoms with Gasteiger partial charge >= 0.3 is 0 Å². The molecule has 0 radical (unpaired) electrons. The van der Waals surface area contributed by atoms with Crippen molar-refractivity contribution in [2.24, 2.45) is 5.73 Å². The number of hydrogen-bond donors (Lipinski definition) is 1. The van der Waals surface area contributed by atoms with E-state index in [1.54, 1.807) is 7.11 Å². The van der Waals surface area contributed by atoms with Crippen LogP contribution in [0.3, 0.4) is 0 Å². The van der Waals surface area contributed by atoms with E-state index in [2.05, 4.69) is 15.9 Å². The molecule has 0 aromatic heterocycles. The lowest BCUT2D eigenvalue weighted by atomic mass is 10.1. The highest BCUT2D eigenvalue weighted by Crippen LogP contribution is 2.37. The van der Waals surface area contributed by atoms with E-state index in [0.29, 0.717) is 24.7 Å². The standard InChI is InChI=1S/C12H18BrNO3/c1-3-16-11-7-9(4-5-14)6-10(13)12(11)17-8-15-2/h6-7H,3-5,8,14H2,1-2H3. The molecule has 0 spiro atoms. The van der Waals surface area contributed by atoms with Crippen molar-refractivity contribution in [1.29, 1.82) is 0 Å². The zero-order valence-corrected chi connectivity index (χ0v) is 11.7. The van der Waals surface area contributed by atoms with E-state index < -0.39 is 0 Å². The van der Waals surface area contributed by atoms with Gasteiger partial charge in [-0.3, -0.25) is 0 Å². The average molecular weight is 304 g/mol. The van der Waals surface area contributed by atoms with Gasteiger partial charge in [0, 0.05) is 7.11 Å². The number of halogens is 1. The normalized spacial score (nSPS) is 10.4. The van der Waals surface area contributed by atoms with Crippen molar-refractivity contribution in [3.05, 3.63) is 22.2 Å². The first-order chi connectivity index (χ1) is 8.22. The van der Waals surface area contributed by atoms with Crippen LogP contribution in [0.2, 0.25) is 0 Å². The third-order valence-corrected chi connectivity index (χ3v) is 2.71. The lowest BCUT2D eigenvalue weighted by Gasteiger charge is -2.14. The van der Waals surface area contributed by atoms with Gasteiger partial charge in [0.25, 0.3) is 0 Å². The van der Waals surface area contributed by atoms with Crippen LogP contribution in [0.5, 0.6) is 11.5 Å². The molecule has 0 aliphatic carbocycles. The fraction of sp³-hybridized carbons (Fsp3) is 0.500. The molecule has 0 atom stereocenters. The summed E-state index contributed by atoms with van der Waals surface area (Å²) < 4.78 is 16.8. The van der Waals surface area contributed by atoms with Gasteiger partial charge in [-0.1, -0.05) is 0 Å². The van der Waals surface area contributed by atoms with Crippen molar-refractivity contribution in [2.45, 2.75) is 13.3 Å². The third-order valence-electron chi connectivity index (χ3n) is 2.12. The van der Waals surface area contributed by atoms with Crippen molar-refractivity contribution in [3.63, 3.8) is 0 Å². The highest BCUT2D eigenvalue weighted by atomic mass is 79.9. The predicted molar refractivity (Wildman–Crippen MR) is 70.6 cm³/mol. The lowest BCUT2D eigenvalue weighted by molar-refractivity contribution is 0.0481. The van der Waals surface area contributed by atoms with Crippen molar-refractivity contribution in [2.75, 3.05) is 27.1 Å². The number of methoxy groups -OCH3 is 1. The summed E-state index contributed by atoms with van der Waals surface area (Å²) in [6.45, 7) is 3.32. The van der Waals surface area contributed by atoms with Crippen molar-refractivity contribution in [1.82, 2.24) is 0 Å². The van der Waals surface area contributed by atoms with Crippen LogP contribution in [0.25, 0.3) is 0 Å². The van der Waals surface area contributed by atoms with E-state index in [9.17, 15) is 0 Å². The molecule has 1 aromatic carbocycles. The lowest BCUT2D eigenvalue weighted by Crippen LogP contribution is -2.06. The van der Waals surface area contributed by atoms with Gasteiger partial charge in [-0.25, -0.2) is 0 Å². The van der Waals surface area contributed by atoms with Crippen LogP contribution >= 0.6 is 15.9 Å². The van der Waals surface area contributed by atoms with Crippen LogP contribution in [0.15, 0.2) is 16.6 Å². The molecule has 1 rings (SSSR count). The summed E-state index contributed by atoms with van der Waals surface area (Å²) in [7, 11) is 1.58. The summed E-state index contributed by atoms with van der Waals surface area (Å²) in [5.74, 6) is 1.37. The van der Waals surface area contributed by atoms with Crippen LogP contribution in [-0.2, 0) is 11.2 Å². The maximum Gasteiger partial charge on any atom is 0.188 e. The van der Waals surface area contributed by atoms with Gasteiger partial charge in [-0.15, -0.1) is 0 Å². The number of benzene rings is 1. The van der Waals surface area contributed by atoms with Crippen LogP contribution in [0.1, 0.15) is 12.5 Å². The maximum atomic E-state index is 5.55. The molecule has 0 fully saturated rings. The van der Waals surface area contributed by atoms with Crippen molar-refractivity contribution in [3.8, 4) is 11.5 Å². The van der Waals surface area contributed by atoms with E-state index in [4.69, 9.17) is 19.9 Å². The number of ether oxygens (including phenoxy) is 3. The maximum absolute atomic E-state index is 5.55. The Morgan fingerprint density at radius 3 is 2.65 bits per heavy atom. The number of hydrogen-bond acceptors (Lipinski definition) is 4. The summed E-state index contributed by atoms with van der Waals surface area (Å²) in [6, 6.07) is 3.94. The summed E-state index contributed by atoms with van der Waals surface area (Å²) in [5, 5.41) is 0. The minimum absolute atomic E-state index is 0.189. The molecular weight excluding hydrogens is 286 g/mol. The zero-order valence-electron chi connectivity index (χ0n) is 10.2. The van der Waals surface area contributed by atoms with Gasteiger partial charge in [-0.2, -0.15) is 0 Å². The third kappa shape index (κ3) is 4.18. The fourth-order valence-electron chi connectivity index (χ4n) is 1.45. The molecule has 2 N–H and O–H groups in total. The van der Waals surface area contributed by atoms with Crippen LogP contribution in [0, 0.1) is 0 Å². The molecular formula is C12H18BrNO3. The molecule has 96 valence electrons. The number of rotatable bonds is 7. The van der Waals surface area contributed by atoms with Crippen LogP contribution < -0.4 is 15.2 Å². The van der Waals surface area contributed by atoms with Crippen molar-refractivity contribution < 1.29 is 14.2 Å². The largest absolute Gasteiger partial charge is 0.490 e. The SMILES string of the molecule is CCOc1cc(CCN)cc(Br)c1OCOC. The van der Waals surface area contributed by atoms with E-state index in [-0.39, 0.29) is 6.79 Å². The van der Waals surface area contributed by atoms with E-state index in [1.807, 2.05) is 19.1 Å². The second kappa shape index (κ2) is 7.53. The number of nitrogens with two attached hydrogens (primary N) is 1. The summed E-state index contributed by atoms with van der Waals surface area (Å²) in [4.78, 5) is 0. The molecule has 0 saturated heterocycles. The highest BCUT2D eigenvalue weighted by molar-refractivity contribution is 9.10. The minimum Gasteiger partial charge on any atom is -0.490 e. The molecule has 4 nitrogen and oxygen atoms in total. The van der Waals surface area contributed by atoms with Gasteiger partial charge in [-0.05, 0) is 53.5 Å². The van der Waals surface area contributed by atoms with Gasteiger partial charge in [0.1, 0.15) is 0 Å². The van der Waals surface area contributed by atoms with Gasteiger partial charge in [0.15, 0.2) is 18.3 Å². The van der Waals surface area contributed by atoms with Crippen LogP contribution in [-0.4, -0.2) is 27.1 Å². The molecule has 17 heavy (non-hydrogen) atoms. The zero-order chi connectivity index (χ0) is 12.7. The second-order valence-electron chi connectivity index (χ2n) is 3.43. The van der Waals surface area contributed by atoms with E-state index in [1.165, 1.54) is 0 Å². The monoisotopic (exact) mass is 303 g/mol. The Morgan fingerprint density at radius 2 is 2.06 bits per heavy atom. The minimum atomic E-state index is 0.189. The molecule has 0 aliphatic heterocycles. The average Bonchev–Trinajstić information content (AvgIpc) is 2.29. The topological polar surface area (TPSA) is 53.7 Å². The van der Waals surface area contributed by atoms with Gasteiger partial charge in [0.2, 0.25) is 0 Å². The smallest absolute Gasteiger partial charge is 0.188 e. The Morgan fingerprint density at radius 1 is 1.29 bits per heavy atom. The summed E-state index contributed by atoms with van der Waals surface area (Å²) >= 11 is 3.47. The van der Waals surface area contributed by atoms with Crippen LogP contribution in [0.4, 0.5) is 0 Å². The molecule has 0 bridgehead atoms. The van der Waals surface area contributed by atoms with Gasteiger partial charge < -0.3 is 19.9 Å². The Bertz CT molecular complexity index is 358. The summed E-state index contributed by atoms with van der Waals surface area (Å²) in [6.07, 6.45) is 0.809. The molecule has 0 unspecified atom stereocenters. The van der Waals surface area contributed by atoms with E-state index >= 15 is 0 Å². The molecule has 5 heteroatoms. The Hall–Kier alpha value is -0.780. The first-order valence-corrected chi connectivity index (χ1v) is 6.29. The Kier molecular flexibility index (Phi) is 6.32. The highest BCUT2D eigenvalue weighted by Gasteiger charge is 2.11. The molecule has 0 heterocycles.